The largest absolute Gasteiger partial charge is 0.496 e. The first kappa shape index (κ1) is 22.7. The summed E-state index contributed by atoms with van der Waals surface area (Å²) in [5, 5.41) is 3.22. The number of nitrogens with one attached hydrogen (secondary N) is 1. The van der Waals surface area contributed by atoms with Crippen molar-refractivity contribution in [3.8, 4) is 5.75 Å². The monoisotopic (exact) mass is 436 g/mol. The smallest absolute Gasteiger partial charge is 0.224 e. The minimum atomic E-state index is 0.100. The van der Waals surface area contributed by atoms with E-state index in [0.29, 0.717) is 18.4 Å². The first-order valence-corrected chi connectivity index (χ1v) is 12.0. The molecule has 1 aromatic carbocycles. The summed E-state index contributed by atoms with van der Waals surface area (Å²) in [6.07, 6.45) is 7.36. The number of para-hydroxylation sites is 1. The zero-order chi connectivity index (χ0) is 22.5. The molecule has 1 aliphatic carbocycles. The highest BCUT2D eigenvalue weighted by molar-refractivity contribution is 5.79. The van der Waals surface area contributed by atoms with E-state index in [-0.39, 0.29) is 5.91 Å². The molecule has 2 aliphatic rings. The van der Waals surface area contributed by atoms with Crippen LogP contribution in [0, 0.1) is 13.8 Å². The van der Waals surface area contributed by atoms with Crippen LogP contribution < -0.4 is 10.1 Å². The molecule has 32 heavy (non-hydrogen) atoms. The number of benzene rings is 1. The zero-order valence-corrected chi connectivity index (χ0v) is 19.7. The van der Waals surface area contributed by atoms with Gasteiger partial charge in [0.1, 0.15) is 11.6 Å². The number of likely N-dealkylation sites (tertiary alicyclic amines) is 1. The zero-order valence-electron chi connectivity index (χ0n) is 19.7. The summed E-state index contributed by atoms with van der Waals surface area (Å²) >= 11 is 0. The molecule has 172 valence electrons. The maximum Gasteiger partial charge on any atom is 0.224 e. The molecule has 2 heterocycles. The first-order valence-electron chi connectivity index (χ1n) is 12.0. The van der Waals surface area contributed by atoms with Crippen LogP contribution in [0.5, 0.6) is 5.75 Å². The maximum absolute atomic E-state index is 12.6. The molecule has 1 aliphatic heterocycles. The highest BCUT2D eigenvalue weighted by Gasteiger charge is 2.28. The number of rotatable bonds is 7. The van der Waals surface area contributed by atoms with Gasteiger partial charge in [0.05, 0.1) is 13.5 Å². The third-order valence-corrected chi connectivity index (χ3v) is 6.97. The Bertz CT molecular complexity index is 916. The Morgan fingerprint density at radius 3 is 2.53 bits per heavy atom. The lowest BCUT2D eigenvalue weighted by molar-refractivity contribution is -0.121. The minimum absolute atomic E-state index is 0.100. The molecule has 6 nitrogen and oxygen atoms in total. The Hall–Kier alpha value is -2.47. The highest BCUT2D eigenvalue weighted by atomic mass is 16.5. The summed E-state index contributed by atoms with van der Waals surface area (Å²) in [5.41, 5.74) is 4.07. The van der Waals surface area contributed by atoms with E-state index in [1.807, 2.05) is 26.0 Å². The van der Waals surface area contributed by atoms with Crippen LogP contribution in [0.15, 0.2) is 24.3 Å². The van der Waals surface area contributed by atoms with E-state index >= 15 is 0 Å². The number of hydrogen-bond acceptors (Lipinski definition) is 5. The van der Waals surface area contributed by atoms with Gasteiger partial charge in [0.15, 0.2) is 0 Å². The predicted octanol–water partition coefficient (Wildman–Crippen LogP) is 4.08. The van der Waals surface area contributed by atoms with E-state index in [0.717, 1.165) is 67.4 Å². The second kappa shape index (κ2) is 10.4. The van der Waals surface area contributed by atoms with Gasteiger partial charge < -0.3 is 10.1 Å². The van der Waals surface area contributed by atoms with Crippen molar-refractivity contribution in [1.29, 1.82) is 0 Å². The molecule has 1 atom stereocenters. The van der Waals surface area contributed by atoms with Gasteiger partial charge in [0.2, 0.25) is 5.91 Å². The fourth-order valence-corrected chi connectivity index (χ4v) is 5.15. The molecular formula is C26H36N4O2. The molecule has 0 spiro atoms. The van der Waals surface area contributed by atoms with Crippen LogP contribution in [0.1, 0.15) is 72.8 Å². The molecule has 0 bridgehead atoms. The Morgan fingerprint density at radius 1 is 1.09 bits per heavy atom. The van der Waals surface area contributed by atoms with Crippen LogP contribution in [-0.4, -0.2) is 47.0 Å². The van der Waals surface area contributed by atoms with E-state index < -0.39 is 0 Å². The first-order chi connectivity index (χ1) is 15.5. The van der Waals surface area contributed by atoms with Crippen LogP contribution >= 0.6 is 0 Å². The summed E-state index contributed by atoms with van der Waals surface area (Å²) in [4.78, 5) is 24.8. The van der Waals surface area contributed by atoms with Crippen LogP contribution in [0.3, 0.4) is 0 Å². The fraction of sp³-hybridized carbons (Fsp3) is 0.577. The standard InChI is InChI=1S/C26H36N4O2/c1-18-23(15-25(31)29-22-10-5-4-6-11-22)19(2)28-26(27-18)21-13-14-30(17-21)16-20-9-7-8-12-24(20)32-3/h7-9,12,21-22H,4-6,10-11,13-17H2,1-3H3,(H,29,31). The predicted molar refractivity (Wildman–Crippen MR) is 126 cm³/mol. The SMILES string of the molecule is COc1ccccc1CN1CCC(c2nc(C)c(CC(=O)NC3CCCCC3)c(C)n2)C1. The molecule has 1 N–H and O–H groups in total. The van der Waals surface area contributed by atoms with E-state index in [2.05, 4.69) is 22.3 Å². The number of amides is 1. The number of carbonyl (C=O) groups is 1. The van der Waals surface area contributed by atoms with Gasteiger partial charge in [-0.3, -0.25) is 9.69 Å². The van der Waals surface area contributed by atoms with Crippen molar-refractivity contribution < 1.29 is 9.53 Å². The van der Waals surface area contributed by atoms with Crippen molar-refractivity contribution in [2.75, 3.05) is 20.2 Å². The van der Waals surface area contributed by atoms with Crippen molar-refractivity contribution in [3.63, 3.8) is 0 Å². The highest BCUT2D eigenvalue weighted by Crippen LogP contribution is 2.29. The molecule has 1 saturated heterocycles. The quantitative estimate of drug-likeness (QED) is 0.708. The van der Waals surface area contributed by atoms with E-state index in [1.165, 1.54) is 24.8 Å². The second-order valence-electron chi connectivity index (χ2n) is 9.34. The lowest BCUT2D eigenvalue weighted by Gasteiger charge is -2.23. The van der Waals surface area contributed by atoms with E-state index in [9.17, 15) is 4.79 Å². The summed E-state index contributed by atoms with van der Waals surface area (Å²) in [5.74, 6) is 2.28. The molecule has 0 radical (unpaired) electrons. The lowest BCUT2D eigenvalue weighted by Crippen LogP contribution is -2.37. The molecule has 1 amide bonds. The number of nitrogens with zero attached hydrogens (tertiary/aromatic N) is 3. The van der Waals surface area contributed by atoms with Gasteiger partial charge in [-0.2, -0.15) is 0 Å². The topological polar surface area (TPSA) is 67.3 Å². The van der Waals surface area contributed by atoms with Gasteiger partial charge in [0, 0.05) is 47.6 Å². The third kappa shape index (κ3) is 5.47. The molecule has 1 saturated carbocycles. The molecule has 2 fully saturated rings. The van der Waals surface area contributed by atoms with Crippen molar-refractivity contribution in [2.45, 2.75) is 77.3 Å². The summed E-state index contributed by atoms with van der Waals surface area (Å²) in [6.45, 7) is 6.87. The van der Waals surface area contributed by atoms with Crippen LogP contribution in [-0.2, 0) is 17.8 Å². The molecular weight excluding hydrogens is 400 g/mol. The number of carbonyl (C=O) groups excluding carboxylic acids is 1. The van der Waals surface area contributed by atoms with Gasteiger partial charge >= 0.3 is 0 Å². The van der Waals surface area contributed by atoms with E-state index in [1.54, 1.807) is 7.11 Å². The Balaban J connectivity index is 1.38. The van der Waals surface area contributed by atoms with Gasteiger partial charge in [0.25, 0.3) is 0 Å². The van der Waals surface area contributed by atoms with Crippen LogP contribution in [0.25, 0.3) is 0 Å². The van der Waals surface area contributed by atoms with Crippen molar-refractivity contribution in [2.24, 2.45) is 0 Å². The molecule has 1 aromatic heterocycles. The Kier molecular flexibility index (Phi) is 7.40. The third-order valence-electron chi connectivity index (χ3n) is 6.97. The number of aromatic nitrogens is 2. The van der Waals surface area contributed by atoms with E-state index in [4.69, 9.17) is 14.7 Å². The average Bonchev–Trinajstić information content (AvgIpc) is 3.26. The van der Waals surface area contributed by atoms with Crippen LogP contribution in [0.4, 0.5) is 0 Å². The molecule has 2 aromatic rings. The number of ether oxygens (including phenoxy) is 1. The molecule has 4 rings (SSSR count). The van der Waals surface area contributed by atoms with Gasteiger partial charge in [-0.1, -0.05) is 37.5 Å². The van der Waals surface area contributed by atoms with Gasteiger partial charge in [-0.05, 0) is 45.7 Å². The second-order valence-corrected chi connectivity index (χ2v) is 9.34. The Morgan fingerprint density at radius 2 is 1.81 bits per heavy atom. The minimum Gasteiger partial charge on any atom is -0.496 e. The summed E-state index contributed by atoms with van der Waals surface area (Å²) in [7, 11) is 1.72. The van der Waals surface area contributed by atoms with Crippen molar-refractivity contribution >= 4 is 5.91 Å². The number of hydrogen-bond donors (Lipinski definition) is 1. The van der Waals surface area contributed by atoms with Gasteiger partial charge in [-0.15, -0.1) is 0 Å². The van der Waals surface area contributed by atoms with Crippen molar-refractivity contribution in [3.05, 3.63) is 52.6 Å². The van der Waals surface area contributed by atoms with Crippen molar-refractivity contribution in [1.82, 2.24) is 20.2 Å². The maximum atomic E-state index is 12.6. The van der Waals surface area contributed by atoms with Gasteiger partial charge in [-0.25, -0.2) is 9.97 Å². The van der Waals surface area contributed by atoms with Crippen LogP contribution in [0.2, 0.25) is 0 Å². The molecule has 6 heteroatoms. The lowest BCUT2D eigenvalue weighted by atomic mass is 9.95. The summed E-state index contributed by atoms with van der Waals surface area (Å²) in [6, 6.07) is 8.55. The molecule has 1 unspecified atom stereocenters. The number of methoxy groups -OCH3 is 1. The summed E-state index contributed by atoms with van der Waals surface area (Å²) < 4.78 is 5.51. The Labute approximate surface area is 191 Å². The number of aryl methyl sites for hydroxylation is 2. The fourth-order valence-electron chi connectivity index (χ4n) is 5.15. The normalized spacial score (nSPS) is 19.8. The average molecular weight is 437 g/mol.